The number of carbonyl (C=O) groups excluding carboxylic acids is 4. The van der Waals surface area contributed by atoms with Crippen LogP contribution < -0.4 is 10.5 Å². The van der Waals surface area contributed by atoms with Crippen LogP contribution in [0.3, 0.4) is 0 Å². The van der Waals surface area contributed by atoms with Crippen molar-refractivity contribution in [2.45, 2.75) is 167 Å². The van der Waals surface area contributed by atoms with Crippen molar-refractivity contribution in [3.05, 3.63) is 53.6 Å². The molecule has 2 saturated heterocycles. The number of benzene rings is 1. The highest BCUT2D eigenvalue weighted by atomic mass is 16.7. The molecule has 12 nitrogen and oxygen atoms in total. The van der Waals surface area contributed by atoms with E-state index in [0.717, 1.165) is 29.7 Å². The summed E-state index contributed by atoms with van der Waals surface area (Å²) in [6.07, 6.45) is 8.17. The number of cyclic esters (lactones) is 1. The van der Waals surface area contributed by atoms with Crippen LogP contribution in [-0.2, 0) is 38.1 Å². The molecule has 0 spiro atoms. The number of aliphatic hydroxyl groups is 1. The van der Waals surface area contributed by atoms with Gasteiger partial charge in [0, 0.05) is 45.1 Å². The lowest BCUT2D eigenvalue weighted by Gasteiger charge is -2.47. The van der Waals surface area contributed by atoms with E-state index in [1.165, 1.54) is 4.90 Å². The Morgan fingerprint density at radius 3 is 2.33 bits per heavy atom. The number of hydrogen-bond acceptors (Lipinski definition) is 11. The SMILES string of the molecule is CCC1C=C(C)CC(C)CC(OC)C2OC(O)(C(=O)C(=O)N3CCCCC3C(=O)OC(C(C)=CC3CCC(N)C(Oc4ccccc4)C3)C(C)CCC1=O)C(C)CC2OC. The molecule has 1 aromatic rings. The molecule has 13 unspecified atom stereocenters. The summed E-state index contributed by atoms with van der Waals surface area (Å²) in [5.74, 6) is -5.36. The molecule has 13 atom stereocenters. The molecule has 1 aliphatic carbocycles. The van der Waals surface area contributed by atoms with Crippen molar-refractivity contribution in [3.8, 4) is 5.75 Å². The lowest BCUT2D eigenvalue weighted by atomic mass is 9.81. The first-order valence-electron chi connectivity index (χ1n) is 22.5. The van der Waals surface area contributed by atoms with E-state index in [0.29, 0.717) is 57.8 Å². The number of Topliss-reactive ketones (excluding diaryl/α,β-unsaturated/α-hetero) is 2. The molecule has 3 aliphatic heterocycles. The highest BCUT2D eigenvalue weighted by molar-refractivity contribution is 6.39. The van der Waals surface area contributed by atoms with Crippen LogP contribution in [0.2, 0.25) is 0 Å². The number of esters is 1. The predicted molar refractivity (Wildman–Crippen MR) is 229 cm³/mol. The van der Waals surface area contributed by atoms with Crippen LogP contribution >= 0.6 is 0 Å². The third-order valence-electron chi connectivity index (χ3n) is 13.6. The second kappa shape index (κ2) is 21.6. The van der Waals surface area contributed by atoms with Gasteiger partial charge in [0.05, 0.1) is 12.2 Å². The second-order valence-corrected chi connectivity index (χ2v) is 18.3. The number of ketones is 2. The molecule has 12 heteroatoms. The average Bonchev–Trinajstić information content (AvgIpc) is 3.24. The number of piperidine rings is 1. The van der Waals surface area contributed by atoms with Gasteiger partial charge < -0.3 is 39.4 Å². The Morgan fingerprint density at radius 1 is 0.950 bits per heavy atom. The van der Waals surface area contributed by atoms with Crippen molar-refractivity contribution in [2.24, 2.45) is 35.3 Å². The summed E-state index contributed by atoms with van der Waals surface area (Å²) >= 11 is 0. The highest BCUT2D eigenvalue weighted by Crippen LogP contribution is 2.39. The maximum atomic E-state index is 14.4. The number of methoxy groups -OCH3 is 2. The fourth-order valence-corrected chi connectivity index (χ4v) is 9.99. The summed E-state index contributed by atoms with van der Waals surface area (Å²) in [5.41, 5.74) is 8.49. The van der Waals surface area contributed by atoms with Crippen LogP contribution in [0.1, 0.15) is 119 Å². The van der Waals surface area contributed by atoms with Gasteiger partial charge in [0.25, 0.3) is 11.7 Å². The quantitative estimate of drug-likeness (QED) is 0.167. The molecule has 3 N–H and O–H groups in total. The molecular weight excluding hydrogens is 765 g/mol. The maximum absolute atomic E-state index is 14.4. The van der Waals surface area contributed by atoms with E-state index in [4.69, 9.17) is 29.4 Å². The fourth-order valence-electron chi connectivity index (χ4n) is 9.99. The topological polar surface area (TPSA) is 164 Å². The smallest absolute Gasteiger partial charge is 0.329 e. The van der Waals surface area contributed by atoms with Crippen LogP contribution in [-0.4, -0.2) is 103 Å². The number of allylic oxidation sites excluding steroid dienone is 3. The zero-order chi connectivity index (χ0) is 43.7. The molecule has 1 saturated carbocycles. The predicted octanol–water partition coefficient (Wildman–Crippen LogP) is 6.90. The summed E-state index contributed by atoms with van der Waals surface area (Å²) < 4.78 is 30.9. The summed E-state index contributed by atoms with van der Waals surface area (Å²) in [6.45, 7) is 11.9. The zero-order valence-corrected chi connectivity index (χ0v) is 37.3. The van der Waals surface area contributed by atoms with Gasteiger partial charge in [0.15, 0.2) is 0 Å². The molecule has 1 aromatic carbocycles. The molecule has 3 heterocycles. The molecule has 3 fully saturated rings. The van der Waals surface area contributed by atoms with Gasteiger partial charge in [-0.25, -0.2) is 4.79 Å². The summed E-state index contributed by atoms with van der Waals surface area (Å²) in [7, 11) is 3.11. The standard InChI is InChI=1S/C48H72N2O10/c1-9-35-24-29(2)23-30(3)25-41(56-7)44-42(57-8)27-33(6)48(55,60-44)45(52)46(53)50-22-14-13-17-38(50)47(54)59-43(31(4)18-21-39(35)51)32(5)26-34-19-20-37(49)40(28-34)58-36-15-11-10-12-16-36/h10-12,15-16,24,26,30-31,33-35,37-38,40-44,55H,9,13-14,17-23,25,27-28,49H2,1-8H3. The minimum absolute atomic E-state index is 0.0895. The van der Waals surface area contributed by atoms with Crippen molar-refractivity contribution in [2.75, 3.05) is 20.8 Å². The van der Waals surface area contributed by atoms with Gasteiger partial charge >= 0.3 is 5.97 Å². The van der Waals surface area contributed by atoms with E-state index in [2.05, 4.69) is 19.1 Å². The van der Waals surface area contributed by atoms with Crippen molar-refractivity contribution in [1.29, 1.82) is 0 Å². The lowest BCUT2D eigenvalue weighted by molar-refractivity contribution is -0.302. The maximum Gasteiger partial charge on any atom is 0.329 e. The van der Waals surface area contributed by atoms with Gasteiger partial charge in [-0.3, -0.25) is 14.4 Å². The molecule has 1 amide bonds. The Morgan fingerprint density at radius 2 is 1.65 bits per heavy atom. The Bertz CT molecular complexity index is 1680. The summed E-state index contributed by atoms with van der Waals surface area (Å²) in [6, 6.07) is 8.49. The van der Waals surface area contributed by atoms with E-state index >= 15 is 0 Å². The number of rotatable bonds is 7. The third-order valence-corrected chi connectivity index (χ3v) is 13.6. The molecular formula is C48H72N2O10. The normalized spacial score (nSPS) is 37.3. The number of nitrogens with zero attached hydrogens (tertiary/aromatic N) is 1. The number of hydrogen-bond donors (Lipinski definition) is 2. The Hall–Kier alpha value is -3.42. The summed E-state index contributed by atoms with van der Waals surface area (Å²) in [4.78, 5) is 58.1. The van der Waals surface area contributed by atoms with E-state index in [1.54, 1.807) is 21.1 Å². The first-order chi connectivity index (χ1) is 28.6. The van der Waals surface area contributed by atoms with Crippen molar-refractivity contribution < 1.29 is 48.0 Å². The van der Waals surface area contributed by atoms with Crippen LogP contribution in [0, 0.1) is 29.6 Å². The number of nitrogens with two attached hydrogens (primary N) is 1. The molecule has 4 aliphatic rings. The number of carbonyl (C=O) groups is 4. The van der Waals surface area contributed by atoms with Gasteiger partial charge in [0.1, 0.15) is 35.9 Å². The summed E-state index contributed by atoms with van der Waals surface area (Å²) in [5, 5.41) is 12.1. The number of ether oxygens (including phenoxy) is 5. The average molecular weight is 837 g/mol. The van der Waals surface area contributed by atoms with E-state index in [-0.39, 0.29) is 54.6 Å². The Kier molecular flexibility index (Phi) is 17.1. The van der Waals surface area contributed by atoms with Crippen LogP contribution in [0.25, 0.3) is 0 Å². The Labute approximate surface area is 357 Å². The van der Waals surface area contributed by atoms with Crippen LogP contribution in [0.4, 0.5) is 0 Å². The first kappa shape index (κ1) is 47.6. The van der Waals surface area contributed by atoms with Crippen LogP contribution in [0.5, 0.6) is 5.75 Å². The number of fused-ring (bicyclic) bond motifs is 3. The highest BCUT2D eigenvalue weighted by Gasteiger charge is 2.56. The molecule has 60 heavy (non-hydrogen) atoms. The van der Waals surface area contributed by atoms with E-state index in [9.17, 15) is 24.3 Å². The van der Waals surface area contributed by atoms with Crippen molar-refractivity contribution >= 4 is 23.4 Å². The fraction of sp³-hybridized carbons (Fsp3) is 0.708. The van der Waals surface area contributed by atoms with Gasteiger partial charge in [0.2, 0.25) is 5.79 Å². The first-order valence-corrected chi connectivity index (χ1v) is 22.5. The van der Waals surface area contributed by atoms with Gasteiger partial charge in [-0.15, -0.1) is 0 Å². The van der Waals surface area contributed by atoms with Gasteiger partial charge in [-0.2, -0.15) is 0 Å². The van der Waals surface area contributed by atoms with E-state index < -0.39 is 59.8 Å². The minimum atomic E-state index is -2.47. The monoisotopic (exact) mass is 837 g/mol. The third kappa shape index (κ3) is 11.5. The number of amides is 1. The minimum Gasteiger partial charge on any atom is -0.489 e. The molecule has 0 radical (unpaired) electrons. The molecule has 334 valence electrons. The molecule has 0 aromatic heterocycles. The Balaban J connectivity index is 1.48. The molecule has 5 rings (SSSR count). The largest absolute Gasteiger partial charge is 0.489 e. The molecule has 2 bridgehead atoms. The van der Waals surface area contributed by atoms with Gasteiger partial charge in [-0.05, 0) is 120 Å². The van der Waals surface area contributed by atoms with Crippen molar-refractivity contribution in [3.63, 3.8) is 0 Å². The van der Waals surface area contributed by atoms with E-state index in [1.807, 2.05) is 58.0 Å². The second-order valence-electron chi connectivity index (χ2n) is 18.3. The van der Waals surface area contributed by atoms with Crippen LogP contribution in [0.15, 0.2) is 53.6 Å². The van der Waals surface area contributed by atoms with Gasteiger partial charge in [-0.1, -0.05) is 63.6 Å². The van der Waals surface area contributed by atoms with Crippen molar-refractivity contribution in [1.82, 2.24) is 4.90 Å². The lowest BCUT2D eigenvalue weighted by Crippen LogP contribution is -2.64. The zero-order valence-electron chi connectivity index (χ0n) is 37.3. The number of para-hydroxylation sites is 1.